The van der Waals surface area contributed by atoms with Crippen LogP contribution < -0.4 is 5.32 Å². The Bertz CT molecular complexity index is 1200. The third-order valence-corrected chi connectivity index (χ3v) is 4.94. The minimum Gasteiger partial charge on any atom is -0.448 e. The molecule has 1 atom stereocenters. The van der Waals surface area contributed by atoms with Gasteiger partial charge in [-0.15, -0.1) is 0 Å². The van der Waals surface area contributed by atoms with Gasteiger partial charge < -0.3 is 10.1 Å². The molecule has 0 saturated carbocycles. The molecule has 0 aliphatic carbocycles. The van der Waals surface area contributed by atoms with Gasteiger partial charge in [0.2, 0.25) is 0 Å². The maximum absolute atomic E-state index is 12.5. The molecule has 5 rings (SSSR count). The Balaban J connectivity index is 1.54. The van der Waals surface area contributed by atoms with E-state index in [0.717, 1.165) is 28.2 Å². The standard InChI is InChI=1S/C25H19N3O2/c29-25-22(26-19-12-6-2-7-13-19)16-23(30-25)21-17-28(20-14-8-3-9-15-20)27-24(21)18-10-4-1-5-11-18/h1-17,23,26H. The van der Waals surface area contributed by atoms with Crippen molar-refractivity contribution in [3.8, 4) is 16.9 Å². The molecular formula is C25H19N3O2. The first-order valence-corrected chi connectivity index (χ1v) is 9.73. The van der Waals surface area contributed by atoms with E-state index < -0.39 is 6.10 Å². The number of carbonyl (C=O) groups excluding carboxylic acids is 1. The average molecular weight is 393 g/mol. The number of esters is 1. The Labute approximate surface area is 174 Å². The van der Waals surface area contributed by atoms with E-state index in [1.807, 2.05) is 108 Å². The van der Waals surface area contributed by atoms with Gasteiger partial charge in [0, 0.05) is 23.0 Å². The van der Waals surface area contributed by atoms with Crippen molar-refractivity contribution >= 4 is 11.7 Å². The number of aromatic nitrogens is 2. The molecule has 30 heavy (non-hydrogen) atoms. The first kappa shape index (κ1) is 17.9. The van der Waals surface area contributed by atoms with Gasteiger partial charge in [-0.25, -0.2) is 9.48 Å². The van der Waals surface area contributed by atoms with Gasteiger partial charge in [0.1, 0.15) is 5.70 Å². The van der Waals surface area contributed by atoms with E-state index in [9.17, 15) is 4.79 Å². The number of hydrogen-bond acceptors (Lipinski definition) is 4. The molecule has 0 saturated heterocycles. The summed E-state index contributed by atoms with van der Waals surface area (Å²) >= 11 is 0. The van der Waals surface area contributed by atoms with Crippen molar-refractivity contribution < 1.29 is 9.53 Å². The molecule has 5 nitrogen and oxygen atoms in total. The second-order valence-electron chi connectivity index (χ2n) is 6.98. The van der Waals surface area contributed by atoms with E-state index in [2.05, 4.69) is 5.32 Å². The molecule has 1 N–H and O–H groups in total. The highest BCUT2D eigenvalue weighted by atomic mass is 16.5. The predicted molar refractivity (Wildman–Crippen MR) is 116 cm³/mol. The largest absolute Gasteiger partial charge is 0.448 e. The fourth-order valence-corrected chi connectivity index (χ4v) is 3.48. The zero-order chi connectivity index (χ0) is 20.3. The normalized spacial score (nSPS) is 15.5. The Morgan fingerprint density at radius 1 is 0.833 bits per heavy atom. The SMILES string of the molecule is O=C1OC(c2cn(-c3ccccc3)nc2-c2ccccc2)C=C1Nc1ccccc1. The third kappa shape index (κ3) is 3.49. The molecule has 2 heterocycles. The molecule has 5 heteroatoms. The van der Waals surface area contributed by atoms with Crippen LogP contribution in [0, 0.1) is 0 Å². The van der Waals surface area contributed by atoms with Crippen molar-refractivity contribution in [3.05, 3.63) is 115 Å². The summed E-state index contributed by atoms with van der Waals surface area (Å²) in [4.78, 5) is 12.5. The van der Waals surface area contributed by atoms with Crippen molar-refractivity contribution in [1.82, 2.24) is 9.78 Å². The molecule has 0 amide bonds. The van der Waals surface area contributed by atoms with Crippen LogP contribution in [0.4, 0.5) is 5.69 Å². The predicted octanol–water partition coefficient (Wildman–Crippen LogP) is 5.13. The van der Waals surface area contributed by atoms with Gasteiger partial charge in [-0.3, -0.25) is 0 Å². The number of ether oxygens (including phenoxy) is 1. The highest BCUT2D eigenvalue weighted by Crippen LogP contribution is 2.35. The summed E-state index contributed by atoms with van der Waals surface area (Å²) in [6.07, 6.45) is 3.22. The lowest BCUT2D eigenvalue weighted by atomic mass is 10.0. The van der Waals surface area contributed by atoms with Gasteiger partial charge in [-0.05, 0) is 30.3 Å². The van der Waals surface area contributed by atoms with Crippen molar-refractivity contribution in [2.24, 2.45) is 0 Å². The van der Waals surface area contributed by atoms with Crippen LogP contribution in [0.1, 0.15) is 11.7 Å². The number of nitrogens with zero attached hydrogens (tertiary/aromatic N) is 2. The van der Waals surface area contributed by atoms with Gasteiger partial charge in [-0.2, -0.15) is 5.10 Å². The highest BCUT2D eigenvalue weighted by molar-refractivity contribution is 5.94. The molecule has 0 bridgehead atoms. The summed E-state index contributed by atoms with van der Waals surface area (Å²) < 4.78 is 7.52. The maximum atomic E-state index is 12.5. The topological polar surface area (TPSA) is 56.2 Å². The quantitative estimate of drug-likeness (QED) is 0.478. The summed E-state index contributed by atoms with van der Waals surface area (Å²) in [7, 11) is 0. The summed E-state index contributed by atoms with van der Waals surface area (Å²) in [5.41, 5.74) is 4.80. The van der Waals surface area contributed by atoms with E-state index in [1.54, 1.807) is 0 Å². The van der Waals surface area contributed by atoms with Gasteiger partial charge in [0.05, 0.1) is 11.4 Å². The molecule has 0 radical (unpaired) electrons. The monoisotopic (exact) mass is 393 g/mol. The van der Waals surface area contributed by atoms with Gasteiger partial charge in [0.15, 0.2) is 6.10 Å². The Morgan fingerprint density at radius 2 is 1.47 bits per heavy atom. The van der Waals surface area contributed by atoms with Crippen LogP contribution in [0.2, 0.25) is 0 Å². The highest BCUT2D eigenvalue weighted by Gasteiger charge is 2.30. The van der Waals surface area contributed by atoms with Crippen LogP contribution in [0.5, 0.6) is 0 Å². The molecule has 0 fully saturated rings. The number of hydrogen-bond donors (Lipinski definition) is 1. The molecule has 3 aromatic carbocycles. The van der Waals surface area contributed by atoms with Crippen LogP contribution in [0.3, 0.4) is 0 Å². The van der Waals surface area contributed by atoms with Crippen molar-refractivity contribution in [1.29, 1.82) is 0 Å². The number of benzene rings is 3. The smallest absolute Gasteiger partial charge is 0.355 e. The molecule has 1 aliphatic heterocycles. The van der Waals surface area contributed by atoms with E-state index in [-0.39, 0.29) is 5.97 Å². The van der Waals surface area contributed by atoms with Crippen molar-refractivity contribution in [2.75, 3.05) is 5.32 Å². The van der Waals surface area contributed by atoms with E-state index in [1.165, 1.54) is 0 Å². The maximum Gasteiger partial charge on any atom is 0.355 e. The fourth-order valence-electron chi connectivity index (χ4n) is 3.48. The molecule has 146 valence electrons. The van der Waals surface area contributed by atoms with E-state index in [0.29, 0.717) is 5.70 Å². The Kier molecular flexibility index (Phi) is 4.62. The fraction of sp³-hybridized carbons (Fsp3) is 0.0400. The second-order valence-corrected chi connectivity index (χ2v) is 6.98. The summed E-state index contributed by atoms with van der Waals surface area (Å²) in [6, 6.07) is 29.4. The second kappa shape index (κ2) is 7.72. The zero-order valence-electron chi connectivity index (χ0n) is 16.1. The van der Waals surface area contributed by atoms with Crippen LogP contribution in [0.25, 0.3) is 16.9 Å². The van der Waals surface area contributed by atoms with Crippen LogP contribution in [-0.4, -0.2) is 15.7 Å². The number of nitrogens with one attached hydrogen (secondary N) is 1. The first-order valence-electron chi connectivity index (χ1n) is 9.73. The van der Waals surface area contributed by atoms with E-state index >= 15 is 0 Å². The Hall–Kier alpha value is -4.12. The molecule has 1 unspecified atom stereocenters. The lowest BCUT2D eigenvalue weighted by molar-refractivity contribution is -0.139. The summed E-state index contributed by atoms with van der Waals surface area (Å²) in [6.45, 7) is 0. The average Bonchev–Trinajstić information content (AvgIpc) is 3.40. The van der Waals surface area contributed by atoms with Gasteiger partial charge in [-0.1, -0.05) is 66.7 Å². The van der Waals surface area contributed by atoms with Crippen molar-refractivity contribution in [3.63, 3.8) is 0 Å². The van der Waals surface area contributed by atoms with Gasteiger partial charge >= 0.3 is 5.97 Å². The number of rotatable bonds is 5. The lowest BCUT2D eigenvalue weighted by Gasteiger charge is -2.08. The number of anilines is 1. The van der Waals surface area contributed by atoms with Crippen molar-refractivity contribution in [2.45, 2.75) is 6.10 Å². The molecule has 0 spiro atoms. The van der Waals surface area contributed by atoms with E-state index in [4.69, 9.17) is 9.84 Å². The van der Waals surface area contributed by atoms with Crippen LogP contribution >= 0.6 is 0 Å². The summed E-state index contributed by atoms with van der Waals surface area (Å²) in [5.74, 6) is -0.379. The van der Waals surface area contributed by atoms with Gasteiger partial charge in [0.25, 0.3) is 0 Å². The molecule has 1 aliphatic rings. The minimum atomic E-state index is -0.517. The number of para-hydroxylation sites is 2. The molecular weight excluding hydrogens is 374 g/mol. The third-order valence-electron chi connectivity index (χ3n) is 4.94. The zero-order valence-corrected chi connectivity index (χ0v) is 16.1. The minimum absolute atomic E-state index is 0.379. The van der Waals surface area contributed by atoms with Crippen LogP contribution in [0.15, 0.2) is 109 Å². The summed E-state index contributed by atoms with van der Waals surface area (Å²) in [5, 5.41) is 7.95. The number of cyclic esters (lactones) is 1. The number of carbonyl (C=O) groups is 1. The molecule has 4 aromatic rings. The lowest BCUT2D eigenvalue weighted by Crippen LogP contribution is -2.08. The van der Waals surface area contributed by atoms with Crippen LogP contribution in [-0.2, 0) is 9.53 Å². The Morgan fingerprint density at radius 3 is 2.17 bits per heavy atom. The molecule has 1 aromatic heterocycles. The first-order chi connectivity index (χ1) is 14.8.